The van der Waals surface area contributed by atoms with E-state index in [-0.39, 0.29) is 21.3 Å². The van der Waals surface area contributed by atoms with Crippen molar-refractivity contribution in [2.24, 2.45) is 7.05 Å². The second kappa shape index (κ2) is 12.6. The summed E-state index contributed by atoms with van der Waals surface area (Å²) in [5, 5.41) is 0. The Labute approximate surface area is 257 Å². The van der Waals surface area contributed by atoms with E-state index in [1.54, 1.807) is 68.2 Å². The largest absolute Gasteiger partial charge is 0.497 e. The van der Waals surface area contributed by atoms with Gasteiger partial charge in [0.15, 0.2) is 15.8 Å². The highest BCUT2D eigenvalue weighted by molar-refractivity contribution is 8.27. The van der Waals surface area contributed by atoms with Crippen molar-refractivity contribution < 1.29 is 23.8 Å². The fourth-order valence-electron chi connectivity index (χ4n) is 4.50. The van der Waals surface area contributed by atoms with Crippen molar-refractivity contribution in [1.29, 1.82) is 0 Å². The Morgan fingerprint density at radius 1 is 0.907 bits per heavy atom. The second-order valence-corrected chi connectivity index (χ2v) is 11.0. The highest BCUT2D eigenvalue weighted by Gasteiger charge is 2.37. The van der Waals surface area contributed by atoms with Crippen LogP contribution < -0.4 is 24.7 Å². The number of aromatic nitrogens is 2. The molecular weight excluding hydrogens is 587 g/mol. The fraction of sp³-hybridized carbons (Fsp3) is 0.125. The van der Waals surface area contributed by atoms with Crippen LogP contribution in [0.4, 0.5) is 5.69 Å². The van der Waals surface area contributed by atoms with E-state index in [4.69, 9.17) is 26.4 Å². The number of benzene rings is 3. The predicted molar refractivity (Wildman–Crippen MR) is 172 cm³/mol. The van der Waals surface area contributed by atoms with Crippen molar-refractivity contribution in [1.82, 2.24) is 9.36 Å². The summed E-state index contributed by atoms with van der Waals surface area (Å²) >= 11 is 6.65. The number of ether oxygens (including phenoxy) is 3. The van der Waals surface area contributed by atoms with E-state index >= 15 is 0 Å². The molecule has 0 saturated carbocycles. The number of carbonyl (C=O) groups is 2. The number of thioether (sulfide) groups is 1. The lowest BCUT2D eigenvalue weighted by molar-refractivity contribution is -0.129. The van der Waals surface area contributed by atoms with Crippen molar-refractivity contribution in [3.05, 3.63) is 111 Å². The first-order valence-electron chi connectivity index (χ1n) is 13.1. The lowest BCUT2D eigenvalue weighted by Gasteiger charge is -2.12. The number of amides is 1. The first kappa shape index (κ1) is 29.6. The first-order chi connectivity index (χ1) is 20.7. The molecule has 0 N–H and O–H groups in total. The molecule has 2 heterocycles. The van der Waals surface area contributed by atoms with Crippen molar-refractivity contribution in [2.45, 2.75) is 6.92 Å². The molecule has 1 saturated heterocycles. The van der Waals surface area contributed by atoms with Crippen LogP contribution in [0, 0.1) is 6.92 Å². The fourth-order valence-corrected chi connectivity index (χ4v) is 5.77. The molecule has 0 unspecified atom stereocenters. The number of nitrogens with zero attached hydrogens (tertiary/aromatic N) is 3. The summed E-state index contributed by atoms with van der Waals surface area (Å²) in [4.78, 5) is 41.1. The molecule has 11 heteroatoms. The molecule has 0 radical (unpaired) electrons. The SMILES string of the molecule is COc1ccc(/C=C/C(=O)Oc2ccc(/C=C3\SC(=S)N(c4c(C)n(C)n(-c5ccccc5)c4=O)C3=O)cc2OC)cc1. The van der Waals surface area contributed by atoms with Gasteiger partial charge in [0.1, 0.15) is 11.4 Å². The Balaban J connectivity index is 1.36. The van der Waals surface area contributed by atoms with Crippen LogP contribution in [0.5, 0.6) is 17.2 Å². The Morgan fingerprint density at radius 3 is 2.28 bits per heavy atom. The average Bonchev–Trinajstić information content (AvgIpc) is 3.41. The van der Waals surface area contributed by atoms with Gasteiger partial charge in [-0.05, 0) is 66.6 Å². The van der Waals surface area contributed by atoms with E-state index < -0.39 is 11.9 Å². The van der Waals surface area contributed by atoms with Gasteiger partial charge in [0.2, 0.25) is 0 Å². The maximum Gasteiger partial charge on any atom is 0.336 e. The molecule has 4 aromatic rings. The summed E-state index contributed by atoms with van der Waals surface area (Å²) in [5.74, 6) is 0.257. The summed E-state index contributed by atoms with van der Waals surface area (Å²) in [7, 11) is 4.80. The highest BCUT2D eigenvalue weighted by Crippen LogP contribution is 2.37. The molecule has 0 bridgehead atoms. The van der Waals surface area contributed by atoms with Crippen LogP contribution in [-0.2, 0) is 16.6 Å². The van der Waals surface area contributed by atoms with E-state index in [0.717, 1.165) is 17.3 Å². The van der Waals surface area contributed by atoms with E-state index in [1.165, 1.54) is 22.8 Å². The van der Waals surface area contributed by atoms with Crippen molar-refractivity contribution in [2.75, 3.05) is 19.1 Å². The molecule has 0 atom stereocenters. The highest BCUT2D eigenvalue weighted by atomic mass is 32.2. The molecule has 0 aliphatic carbocycles. The molecule has 1 fully saturated rings. The van der Waals surface area contributed by atoms with Crippen LogP contribution >= 0.6 is 24.0 Å². The number of para-hydroxylation sites is 1. The molecule has 43 heavy (non-hydrogen) atoms. The van der Waals surface area contributed by atoms with Crippen LogP contribution in [0.2, 0.25) is 0 Å². The van der Waals surface area contributed by atoms with Gasteiger partial charge in [-0.1, -0.05) is 60.4 Å². The molecule has 3 aromatic carbocycles. The Morgan fingerprint density at radius 2 is 1.60 bits per heavy atom. The molecule has 1 amide bonds. The zero-order valence-electron chi connectivity index (χ0n) is 23.8. The lowest BCUT2D eigenvalue weighted by atomic mass is 10.1. The average molecular weight is 614 g/mol. The summed E-state index contributed by atoms with van der Waals surface area (Å²) in [5.41, 5.74) is 2.56. The Bertz CT molecular complexity index is 1840. The Kier molecular flexibility index (Phi) is 8.65. The first-order valence-corrected chi connectivity index (χ1v) is 14.3. The van der Waals surface area contributed by atoms with Gasteiger partial charge in [-0.2, -0.15) is 0 Å². The van der Waals surface area contributed by atoms with E-state index in [0.29, 0.717) is 33.3 Å². The van der Waals surface area contributed by atoms with Gasteiger partial charge in [-0.25, -0.2) is 9.48 Å². The predicted octanol–water partition coefficient (Wildman–Crippen LogP) is 5.53. The zero-order chi connectivity index (χ0) is 30.7. The van der Waals surface area contributed by atoms with Crippen LogP contribution in [0.1, 0.15) is 16.8 Å². The summed E-state index contributed by atoms with van der Waals surface area (Å²) in [6.07, 6.45) is 4.61. The van der Waals surface area contributed by atoms with Crippen LogP contribution in [0.3, 0.4) is 0 Å². The van der Waals surface area contributed by atoms with Crippen LogP contribution in [-0.4, -0.2) is 39.8 Å². The van der Waals surface area contributed by atoms with Crippen molar-refractivity contribution in [3.63, 3.8) is 0 Å². The van der Waals surface area contributed by atoms with E-state index in [1.807, 2.05) is 42.5 Å². The summed E-state index contributed by atoms with van der Waals surface area (Å²) in [6.45, 7) is 1.77. The topological polar surface area (TPSA) is 92.0 Å². The zero-order valence-corrected chi connectivity index (χ0v) is 25.4. The van der Waals surface area contributed by atoms with Gasteiger partial charge >= 0.3 is 5.97 Å². The number of anilines is 1. The molecule has 1 aliphatic rings. The van der Waals surface area contributed by atoms with E-state index in [2.05, 4.69) is 0 Å². The van der Waals surface area contributed by atoms with E-state index in [9.17, 15) is 14.4 Å². The minimum atomic E-state index is -0.581. The normalized spacial score (nSPS) is 14.1. The second-order valence-electron chi connectivity index (χ2n) is 9.37. The van der Waals surface area contributed by atoms with Gasteiger partial charge in [-0.15, -0.1) is 0 Å². The molecular formula is C32H27N3O6S2. The van der Waals surface area contributed by atoms with Gasteiger partial charge in [0, 0.05) is 13.1 Å². The third-order valence-corrected chi connectivity index (χ3v) is 8.07. The number of carbonyl (C=O) groups excluding carboxylic acids is 2. The summed E-state index contributed by atoms with van der Waals surface area (Å²) < 4.78 is 19.5. The standard InChI is InChI=1S/C32H27N3O6S2/c1-20-29(31(38)35(33(20)2)23-8-6-5-7-9-23)34-30(37)27(43-32(34)42)19-22-12-16-25(26(18-22)40-4)41-28(36)17-13-21-10-14-24(39-3)15-11-21/h5-19H,1-4H3/b17-13+,27-19-. The number of esters is 1. The number of hydrogen-bond acceptors (Lipinski definition) is 8. The van der Waals surface area contributed by atoms with Crippen molar-refractivity contribution in [3.8, 4) is 22.9 Å². The number of thiocarbonyl (C=S) groups is 1. The monoisotopic (exact) mass is 613 g/mol. The van der Waals surface area contributed by atoms with Gasteiger partial charge in [0.25, 0.3) is 11.5 Å². The minimum absolute atomic E-state index is 0.208. The molecule has 0 spiro atoms. The van der Waals surface area contributed by atoms with Crippen molar-refractivity contribution >= 4 is 58.0 Å². The quantitative estimate of drug-likeness (QED) is 0.111. The third kappa shape index (κ3) is 6.04. The third-order valence-electron chi connectivity index (χ3n) is 6.76. The van der Waals surface area contributed by atoms with Crippen LogP contribution in [0.25, 0.3) is 17.8 Å². The van der Waals surface area contributed by atoms with Gasteiger partial charge in [-0.3, -0.25) is 19.2 Å². The van der Waals surface area contributed by atoms with Gasteiger partial charge in [0.05, 0.1) is 30.5 Å². The molecule has 1 aliphatic heterocycles. The lowest BCUT2D eigenvalue weighted by Crippen LogP contribution is -2.33. The number of rotatable bonds is 8. The number of hydrogen-bond donors (Lipinski definition) is 0. The maximum absolute atomic E-state index is 13.6. The van der Waals surface area contributed by atoms with Gasteiger partial charge < -0.3 is 14.2 Å². The molecule has 218 valence electrons. The Hall–Kier alpha value is -4.87. The molecule has 5 rings (SSSR count). The smallest absolute Gasteiger partial charge is 0.336 e. The maximum atomic E-state index is 13.6. The summed E-state index contributed by atoms with van der Waals surface area (Å²) in [6, 6.07) is 21.3. The molecule has 1 aromatic heterocycles. The van der Waals surface area contributed by atoms with Crippen LogP contribution in [0.15, 0.2) is 88.6 Å². The minimum Gasteiger partial charge on any atom is -0.497 e. The molecule has 9 nitrogen and oxygen atoms in total. The number of methoxy groups -OCH3 is 2.